The highest BCUT2D eigenvalue weighted by molar-refractivity contribution is 6.09. The standard InChI is InChI=1S/C25H21FN8O2/c26-15-6-8-17(9-7-15)34-22-18(25(35)33-11-10-16(27)13-33)12-29-19(14-4-2-1-3-5-14)20(22)30-24(34)21-23(28)32-36-31-21/h1-9,12,16H,10-11,13,27H2,(H2,28,32). The maximum Gasteiger partial charge on any atom is 0.257 e. The van der Waals surface area contributed by atoms with Gasteiger partial charge < -0.3 is 16.4 Å². The van der Waals surface area contributed by atoms with E-state index >= 15 is 0 Å². The van der Waals surface area contributed by atoms with E-state index < -0.39 is 5.82 Å². The molecule has 0 bridgehead atoms. The summed E-state index contributed by atoms with van der Waals surface area (Å²) >= 11 is 0. The maximum atomic E-state index is 13.8. The third-order valence-electron chi connectivity index (χ3n) is 6.28. The van der Waals surface area contributed by atoms with E-state index in [4.69, 9.17) is 21.1 Å². The van der Waals surface area contributed by atoms with Crippen LogP contribution in [-0.2, 0) is 0 Å². The number of imidazole rings is 1. The Kier molecular flexibility index (Phi) is 5.19. The lowest BCUT2D eigenvalue weighted by Gasteiger charge is -2.18. The molecule has 5 aromatic rings. The van der Waals surface area contributed by atoms with Crippen molar-refractivity contribution in [1.29, 1.82) is 0 Å². The van der Waals surface area contributed by atoms with Gasteiger partial charge in [-0.1, -0.05) is 30.3 Å². The Morgan fingerprint density at radius 3 is 2.50 bits per heavy atom. The van der Waals surface area contributed by atoms with Gasteiger partial charge in [0, 0.05) is 36.6 Å². The molecule has 6 rings (SSSR count). The molecule has 1 fully saturated rings. The van der Waals surface area contributed by atoms with Crippen LogP contribution in [0.4, 0.5) is 10.2 Å². The van der Waals surface area contributed by atoms with Crippen LogP contribution in [-0.4, -0.2) is 54.8 Å². The van der Waals surface area contributed by atoms with E-state index in [1.54, 1.807) is 27.8 Å². The molecule has 1 atom stereocenters. The van der Waals surface area contributed by atoms with Gasteiger partial charge in [0.15, 0.2) is 17.3 Å². The van der Waals surface area contributed by atoms with Crippen molar-refractivity contribution in [1.82, 2.24) is 29.7 Å². The first-order chi connectivity index (χ1) is 17.5. The highest BCUT2D eigenvalue weighted by atomic mass is 19.1. The van der Waals surface area contributed by atoms with E-state index in [0.717, 1.165) is 5.56 Å². The van der Waals surface area contributed by atoms with Crippen LogP contribution in [0, 0.1) is 5.82 Å². The van der Waals surface area contributed by atoms with Gasteiger partial charge in [-0.05, 0) is 41.0 Å². The molecule has 4 heterocycles. The number of fused-ring (bicyclic) bond motifs is 1. The summed E-state index contributed by atoms with van der Waals surface area (Å²) in [5, 5.41) is 7.64. The van der Waals surface area contributed by atoms with Gasteiger partial charge in [0.2, 0.25) is 0 Å². The van der Waals surface area contributed by atoms with E-state index in [1.807, 2.05) is 30.3 Å². The van der Waals surface area contributed by atoms with Gasteiger partial charge in [0.25, 0.3) is 5.91 Å². The van der Waals surface area contributed by atoms with Crippen LogP contribution in [0.25, 0.3) is 39.5 Å². The number of anilines is 1. The lowest BCUT2D eigenvalue weighted by molar-refractivity contribution is 0.0792. The van der Waals surface area contributed by atoms with Crippen molar-refractivity contribution in [3.05, 3.63) is 72.2 Å². The van der Waals surface area contributed by atoms with Crippen molar-refractivity contribution < 1.29 is 13.8 Å². The van der Waals surface area contributed by atoms with Crippen molar-refractivity contribution in [3.63, 3.8) is 0 Å². The number of halogens is 1. The Hall–Kier alpha value is -4.64. The minimum absolute atomic E-state index is 0.0290. The van der Waals surface area contributed by atoms with Crippen molar-refractivity contribution in [2.45, 2.75) is 12.5 Å². The van der Waals surface area contributed by atoms with Gasteiger partial charge in [-0.15, -0.1) is 0 Å². The third kappa shape index (κ3) is 3.57. The molecule has 11 heteroatoms. The number of hydrogen-bond donors (Lipinski definition) is 2. The summed E-state index contributed by atoms with van der Waals surface area (Å²) in [6.45, 7) is 0.984. The lowest BCUT2D eigenvalue weighted by Crippen LogP contribution is -2.32. The monoisotopic (exact) mass is 484 g/mol. The van der Waals surface area contributed by atoms with Crippen molar-refractivity contribution >= 4 is 22.8 Å². The summed E-state index contributed by atoms with van der Waals surface area (Å²) in [4.78, 5) is 24.9. The predicted molar refractivity (Wildman–Crippen MR) is 130 cm³/mol. The normalized spacial score (nSPS) is 15.6. The third-order valence-corrected chi connectivity index (χ3v) is 6.28. The smallest absolute Gasteiger partial charge is 0.257 e. The van der Waals surface area contributed by atoms with Crippen LogP contribution in [0.5, 0.6) is 0 Å². The highest BCUT2D eigenvalue weighted by Crippen LogP contribution is 2.36. The summed E-state index contributed by atoms with van der Waals surface area (Å²) in [5.74, 6) is -0.309. The van der Waals surface area contributed by atoms with Gasteiger partial charge in [-0.2, -0.15) is 0 Å². The molecule has 0 radical (unpaired) electrons. The largest absolute Gasteiger partial charge is 0.379 e. The SMILES string of the molecule is Nc1nonc1-c1nc2c(-c3ccccc3)ncc(C(=O)N3CCC(N)C3)c2n1-c1ccc(F)cc1. The Morgan fingerprint density at radius 1 is 1.06 bits per heavy atom. The second-order valence-corrected chi connectivity index (χ2v) is 8.63. The molecule has 4 N–H and O–H groups in total. The number of carbonyl (C=O) groups excluding carboxylic acids is 1. The summed E-state index contributed by atoms with van der Waals surface area (Å²) in [6.07, 6.45) is 2.26. The fraction of sp³-hybridized carbons (Fsp3) is 0.160. The summed E-state index contributed by atoms with van der Waals surface area (Å²) in [5.41, 5.74) is 15.5. The number of aromatic nitrogens is 5. The number of amides is 1. The highest BCUT2D eigenvalue weighted by Gasteiger charge is 2.31. The number of hydrogen-bond acceptors (Lipinski definition) is 8. The van der Waals surface area contributed by atoms with Crippen molar-refractivity contribution in [2.75, 3.05) is 18.8 Å². The molecule has 1 saturated heterocycles. The fourth-order valence-electron chi connectivity index (χ4n) is 4.54. The van der Waals surface area contributed by atoms with Gasteiger partial charge in [0.05, 0.1) is 16.8 Å². The van der Waals surface area contributed by atoms with E-state index in [2.05, 4.69) is 15.3 Å². The van der Waals surface area contributed by atoms with Crippen molar-refractivity contribution in [2.24, 2.45) is 5.73 Å². The van der Waals surface area contributed by atoms with Crippen LogP contribution < -0.4 is 11.5 Å². The van der Waals surface area contributed by atoms with Gasteiger partial charge >= 0.3 is 0 Å². The molecule has 1 amide bonds. The molecule has 0 saturated carbocycles. The van der Waals surface area contributed by atoms with Crippen LogP contribution >= 0.6 is 0 Å². The Balaban J connectivity index is 1.70. The number of likely N-dealkylation sites (tertiary alicyclic amines) is 1. The number of nitrogens with two attached hydrogens (primary N) is 2. The Labute approximate surface area is 204 Å². The minimum Gasteiger partial charge on any atom is -0.379 e. The number of benzene rings is 2. The zero-order chi connectivity index (χ0) is 24.8. The molecule has 1 aliphatic rings. The van der Waals surface area contributed by atoms with E-state index in [0.29, 0.717) is 47.5 Å². The topological polar surface area (TPSA) is 142 Å². The number of nitrogens with zero attached hydrogens (tertiary/aromatic N) is 6. The molecule has 2 aromatic carbocycles. The summed E-state index contributed by atoms with van der Waals surface area (Å²) < 4.78 is 20.4. The number of nitrogen functional groups attached to an aromatic ring is 1. The lowest BCUT2D eigenvalue weighted by atomic mass is 10.1. The zero-order valence-corrected chi connectivity index (χ0v) is 19.0. The van der Waals surface area contributed by atoms with Crippen LogP contribution in [0.15, 0.2) is 65.4 Å². The molecule has 3 aromatic heterocycles. The van der Waals surface area contributed by atoms with E-state index in [9.17, 15) is 9.18 Å². The second kappa shape index (κ2) is 8.54. The molecule has 1 unspecified atom stereocenters. The van der Waals surface area contributed by atoms with Gasteiger partial charge in [-0.3, -0.25) is 14.3 Å². The Morgan fingerprint density at radius 2 is 1.83 bits per heavy atom. The van der Waals surface area contributed by atoms with Crippen LogP contribution in [0.1, 0.15) is 16.8 Å². The zero-order valence-electron chi connectivity index (χ0n) is 19.0. The molecule has 0 spiro atoms. The molecule has 1 aliphatic heterocycles. The fourth-order valence-corrected chi connectivity index (χ4v) is 4.54. The average molecular weight is 484 g/mol. The molecular formula is C25H21FN8O2. The first-order valence-electron chi connectivity index (χ1n) is 11.4. The molecular weight excluding hydrogens is 463 g/mol. The first kappa shape index (κ1) is 21.9. The van der Waals surface area contributed by atoms with Gasteiger partial charge in [-0.25, -0.2) is 14.0 Å². The second-order valence-electron chi connectivity index (χ2n) is 8.63. The molecule has 36 heavy (non-hydrogen) atoms. The summed E-state index contributed by atoms with van der Waals surface area (Å²) in [6, 6.07) is 15.3. The first-order valence-corrected chi connectivity index (χ1v) is 11.4. The quantitative estimate of drug-likeness (QED) is 0.396. The average Bonchev–Trinajstić information content (AvgIpc) is 3.62. The Bertz CT molecular complexity index is 1580. The predicted octanol–water partition coefficient (Wildman–Crippen LogP) is 3.03. The molecule has 0 aliphatic carbocycles. The molecule has 180 valence electrons. The van der Waals surface area contributed by atoms with E-state index in [-0.39, 0.29) is 29.3 Å². The van der Waals surface area contributed by atoms with Crippen LogP contribution in [0.2, 0.25) is 0 Å². The number of pyridine rings is 1. The minimum atomic E-state index is -0.402. The maximum absolute atomic E-state index is 13.8. The van der Waals surface area contributed by atoms with Crippen LogP contribution in [0.3, 0.4) is 0 Å². The summed E-state index contributed by atoms with van der Waals surface area (Å²) in [7, 11) is 0. The van der Waals surface area contributed by atoms with Gasteiger partial charge in [0.1, 0.15) is 11.3 Å². The van der Waals surface area contributed by atoms with E-state index in [1.165, 1.54) is 12.1 Å². The van der Waals surface area contributed by atoms with Crippen molar-refractivity contribution in [3.8, 4) is 28.5 Å². The molecule has 10 nitrogen and oxygen atoms in total. The number of carbonyl (C=O) groups is 1. The number of rotatable bonds is 4.